The monoisotopic (exact) mass is 246 g/mol. The number of nitrogens with zero attached hydrogens (tertiary/aromatic N) is 1. The molecule has 18 heavy (non-hydrogen) atoms. The van der Waals surface area contributed by atoms with Crippen molar-refractivity contribution in [1.82, 2.24) is 5.32 Å². The van der Waals surface area contributed by atoms with Crippen LogP contribution < -0.4 is 10.2 Å². The highest BCUT2D eigenvalue weighted by Crippen LogP contribution is 2.27. The third kappa shape index (κ3) is 1.76. The Hall–Kier alpha value is -1.88. The minimum absolute atomic E-state index is 0.0337. The van der Waals surface area contributed by atoms with Crippen LogP contribution in [0.5, 0.6) is 0 Å². The molecule has 0 aromatic heterocycles. The summed E-state index contributed by atoms with van der Waals surface area (Å²) in [6.07, 6.45) is 0.814. The molecular weight excluding hydrogens is 232 g/mol. The average Bonchev–Trinajstić information content (AvgIpc) is 2.87. The molecule has 2 aliphatic heterocycles. The maximum absolute atomic E-state index is 12.2. The molecule has 1 saturated heterocycles. The summed E-state index contributed by atoms with van der Waals surface area (Å²) >= 11 is 0. The van der Waals surface area contributed by atoms with Crippen LogP contribution in [0.1, 0.15) is 16.8 Å². The standard InChI is InChI=1S/C13H14N2O3/c16-12-7-14-13(17)10-3-1-2-4-11(10)15(12)9-5-6-18-8-9/h1-4,9H,5-8H2,(H,14,17). The maximum Gasteiger partial charge on any atom is 0.253 e. The Labute approximate surface area is 105 Å². The fourth-order valence-corrected chi connectivity index (χ4v) is 2.47. The largest absolute Gasteiger partial charge is 0.379 e. The highest BCUT2D eigenvalue weighted by atomic mass is 16.5. The zero-order valence-corrected chi connectivity index (χ0v) is 9.89. The van der Waals surface area contributed by atoms with Crippen LogP contribution in [0, 0.1) is 0 Å². The van der Waals surface area contributed by atoms with Crippen LogP contribution >= 0.6 is 0 Å². The molecule has 1 fully saturated rings. The molecule has 0 aliphatic carbocycles. The van der Waals surface area contributed by atoms with Crippen molar-refractivity contribution in [2.75, 3.05) is 24.7 Å². The summed E-state index contributed by atoms with van der Waals surface area (Å²) in [6.45, 7) is 1.25. The van der Waals surface area contributed by atoms with Gasteiger partial charge in [-0.05, 0) is 18.6 Å². The second kappa shape index (κ2) is 4.42. The predicted molar refractivity (Wildman–Crippen MR) is 65.5 cm³/mol. The first-order chi connectivity index (χ1) is 8.77. The second-order valence-electron chi connectivity index (χ2n) is 4.48. The Morgan fingerprint density at radius 3 is 2.89 bits per heavy atom. The molecule has 2 amide bonds. The number of fused-ring (bicyclic) bond motifs is 1. The van der Waals surface area contributed by atoms with Crippen molar-refractivity contribution >= 4 is 17.5 Å². The van der Waals surface area contributed by atoms with Crippen LogP contribution in [-0.4, -0.2) is 37.6 Å². The first-order valence-electron chi connectivity index (χ1n) is 6.04. The zero-order chi connectivity index (χ0) is 12.5. The van der Waals surface area contributed by atoms with E-state index in [1.54, 1.807) is 17.0 Å². The summed E-state index contributed by atoms with van der Waals surface area (Å²) in [5, 5.41) is 2.63. The van der Waals surface area contributed by atoms with Gasteiger partial charge in [-0.3, -0.25) is 9.59 Å². The van der Waals surface area contributed by atoms with Crippen LogP contribution in [0.2, 0.25) is 0 Å². The van der Waals surface area contributed by atoms with E-state index in [0.717, 1.165) is 6.42 Å². The predicted octanol–water partition coefficient (Wildman–Crippen LogP) is 0.552. The topological polar surface area (TPSA) is 58.6 Å². The molecule has 1 atom stereocenters. The number of carbonyl (C=O) groups is 2. The van der Waals surface area contributed by atoms with Gasteiger partial charge in [0, 0.05) is 6.61 Å². The van der Waals surface area contributed by atoms with E-state index >= 15 is 0 Å². The van der Waals surface area contributed by atoms with Gasteiger partial charge in [0.1, 0.15) is 0 Å². The second-order valence-corrected chi connectivity index (χ2v) is 4.48. The number of nitrogens with one attached hydrogen (secondary N) is 1. The van der Waals surface area contributed by atoms with Crippen molar-refractivity contribution in [3.05, 3.63) is 29.8 Å². The number of carbonyl (C=O) groups excluding carboxylic acids is 2. The van der Waals surface area contributed by atoms with E-state index in [4.69, 9.17) is 4.74 Å². The minimum atomic E-state index is -0.194. The molecule has 0 radical (unpaired) electrons. The van der Waals surface area contributed by atoms with Crippen molar-refractivity contribution in [2.45, 2.75) is 12.5 Å². The normalized spacial score (nSPS) is 23.6. The van der Waals surface area contributed by atoms with Gasteiger partial charge < -0.3 is 15.0 Å². The first-order valence-corrected chi connectivity index (χ1v) is 6.04. The van der Waals surface area contributed by atoms with E-state index in [1.165, 1.54) is 0 Å². The highest BCUT2D eigenvalue weighted by Gasteiger charge is 2.33. The van der Waals surface area contributed by atoms with Gasteiger partial charge >= 0.3 is 0 Å². The number of rotatable bonds is 1. The summed E-state index contributed by atoms with van der Waals surface area (Å²) in [5.41, 5.74) is 1.24. The molecule has 1 aromatic rings. The zero-order valence-electron chi connectivity index (χ0n) is 9.89. The summed E-state index contributed by atoms with van der Waals surface area (Å²) in [7, 11) is 0. The van der Waals surface area contributed by atoms with E-state index in [1.807, 2.05) is 12.1 Å². The van der Waals surface area contributed by atoms with Crippen LogP contribution in [0.15, 0.2) is 24.3 Å². The molecule has 1 unspecified atom stereocenters. The fourth-order valence-electron chi connectivity index (χ4n) is 2.47. The lowest BCUT2D eigenvalue weighted by molar-refractivity contribution is -0.118. The van der Waals surface area contributed by atoms with Crippen LogP contribution in [0.25, 0.3) is 0 Å². The van der Waals surface area contributed by atoms with Crippen molar-refractivity contribution < 1.29 is 14.3 Å². The Morgan fingerprint density at radius 2 is 2.11 bits per heavy atom. The van der Waals surface area contributed by atoms with Gasteiger partial charge in [-0.2, -0.15) is 0 Å². The van der Waals surface area contributed by atoms with Crippen LogP contribution in [0.3, 0.4) is 0 Å². The third-order valence-electron chi connectivity index (χ3n) is 3.35. The molecule has 1 N–H and O–H groups in total. The van der Waals surface area contributed by atoms with Gasteiger partial charge in [-0.1, -0.05) is 12.1 Å². The summed E-state index contributed by atoms with van der Waals surface area (Å²) in [6, 6.07) is 7.24. The SMILES string of the molecule is O=C1NCC(=O)N(C2CCOC2)c2ccccc21. The van der Waals surface area contributed by atoms with Crippen LogP contribution in [-0.2, 0) is 9.53 Å². The number of amides is 2. The quantitative estimate of drug-likeness (QED) is 0.787. The molecule has 94 valence electrons. The summed E-state index contributed by atoms with van der Waals surface area (Å²) in [5.74, 6) is -0.274. The smallest absolute Gasteiger partial charge is 0.253 e. The van der Waals surface area contributed by atoms with Crippen LogP contribution in [0.4, 0.5) is 5.69 Å². The molecule has 3 rings (SSSR count). The summed E-state index contributed by atoms with van der Waals surface area (Å²) in [4.78, 5) is 25.8. The number of anilines is 1. The molecule has 1 aromatic carbocycles. The lowest BCUT2D eigenvalue weighted by Crippen LogP contribution is -2.43. The van der Waals surface area contributed by atoms with Gasteiger partial charge in [0.2, 0.25) is 5.91 Å². The molecule has 2 heterocycles. The lowest BCUT2D eigenvalue weighted by Gasteiger charge is -2.27. The minimum Gasteiger partial charge on any atom is -0.379 e. The first kappa shape index (κ1) is 11.2. The number of ether oxygens (including phenoxy) is 1. The number of para-hydroxylation sites is 1. The van der Waals surface area contributed by atoms with E-state index in [0.29, 0.717) is 24.5 Å². The van der Waals surface area contributed by atoms with Gasteiger partial charge in [0.05, 0.1) is 30.4 Å². The molecule has 0 saturated carbocycles. The summed E-state index contributed by atoms with van der Waals surface area (Å²) < 4.78 is 5.34. The maximum atomic E-state index is 12.2. The molecule has 0 bridgehead atoms. The molecule has 2 aliphatic rings. The Balaban J connectivity index is 2.07. The van der Waals surface area contributed by atoms with Gasteiger partial charge in [0.15, 0.2) is 0 Å². The lowest BCUT2D eigenvalue weighted by atomic mass is 10.1. The fraction of sp³-hybridized carbons (Fsp3) is 0.385. The number of hydrogen-bond acceptors (Lipinski definition) is 3. The van der Waals surface area contributed by atoms with Gasteiger partial charge in [-0.25, -0.2) is 0 Å². The average molecular weight is 246 g/mol. The third-order valence-corrected chi connectivity index (χ3v) is 3.35. The number of hydrogen-bond donors (Lipinski definition) is 1. The Bertz CT molecular complexity index is 495. The molecule has 5 nitrogen and oxygen atoms in total. The van der Waals surface area contributed by atoms with E-state index in [-0.39, 0.29) is 24.4 Å². The molecule has 5 heteroatoms. The Kier molecular flexibility index (Phi) is 2.76. The molecule has 0 spiro atoms. The van der Waals surface area contributed by atoms with Crippen molar-refractivity contribution in [1.29, 1.82) is 0 Å². The highest BCUT2D eigenvalue weighted by molar-refractivity contribution is 6.09. The van der Waals surface area contributed by atoms with Crippen molar-refractivity contribution in [2.24, 2.45) is 0 Å². The van der Waals surface area contributed by atoms with Crippen molar-refractivity contribution in [3.8, 4) is 0 Å². The Morgan fingerprint density at radius 1 is 1.28 bits per heavy atom. The van der Waals surface area contributed by atoms with E-state index in [2.05, 4.69) is 5.32 Å². The van der Waals surface area contributed by atoms with Gasteiger partial charge in [0.25, 0.3) is 5.91 Å². The number of benzene rings is 1. The van der Waals surface area contributed by atoms with E-state index < -0.39 is 0 Å². The van der Waals surface area contributed by atoms with E-state index in [9.17, 15) is 9.59 Å². The van der Waals surface area contributed by atoms with Crippen molar-refractivity contribution in [3.63, 3.8) is 0 Å². The molecular formula is C13H14N2O3. The van der Waals surface area contributed by atoms with Gasteiger partial charge in [-0.15, -0.1) is 0 Å².